The summed E-state index contributed by atoms with van der Waals surface area (Å²) in [5.41, 5.74) is 14.2. The first-order valence-corrected chi connectivity index (χ1v) is 5.10. The van der Waals surface area contributed by atoms with Crippen LogP contribution in [-0.4, -0.2) is 9.97 Å². The van der Waals surface area contributed by atoms with E-state index in [0.717, 1.165) is 11.1 Å². The Labute approximate surface area is 143 Å². The average Bonchev–Trinajstić information content (AvgIpc) is 2.39. The second kappa shape index (κ2) is 12.1. The van der Waals surface area contributed by atoms with Crippen LogP contribution < -0.4 is 11.5 Å². The van der Waals surface area contributed by atoms with Crippen molar-refractivity contribution in [3.05, 3.63) is 60.2 Å². The maximum Gasteiger partial charge on any atom is 0.0492 e. The van der Waals surface area contributed by atoms with Crippen LogP contribution in [0.1, 0.15) is 23.2 Å². The fourth-order valence-corrected chi connectivity index (χ4v) is 1.59. The molecule has 2 aromatic heterocycles. The van der Waals surface area contributed by atoms with Gasteiger partial charge in [-0.05, 0) is 35.4 Å². The van der Waals surface area contributed by atoms with E-state index in [2.05, 4.69) is 9.97 Å². The van der Waals surface area contributed by atoms with E-state index in [4.69, 9.17) is 11.5 Å². The number of aromatic nitrogens is 2. The molecule has 4 nitrogen and oxygen atoms in total. The van der Waals surface area contributed by atoms with Gasteiger partial charge in [0.25, 0.3) is 0 Å². The highest BCUT2D eigenvalue weighted by atomic mass is 35.5. The van der Waals surface area contributed by atoms with E-state index >= 15 is 0 Å². The highest BCUT2D eigenvalue weighted by Crippen LogP contribution is 2.23. The first-order chi connectivity index (χ1) is 7.79. The van der Waals surface area contributed by atoms with Crippen molar-refractivity contribution in [2.24, 2.45) is 11.5 Å². The molecule has 2 aromatic rings. The molecular formula is C12H18Cl4N4. The number of nitrogens with two attached hydrogens (primary N) is 2. The lowest BCUT2D eigenvalue weighted by atomic mass is 9.96. The summed E-state index contributed by atoms with van der Waals surface area (Å²) in [7, 11) is 0. The van der Waals surface area contributed by atoms with Crippen LogP contribution in [0.5, 0.6) is 0 Å². The zero-order valence-corrected chi connectivity index (χ0v) is 13.7. The summed E-state index contributed by atoms with van der Waals surface area (Å²) >= 11 is 0. The van der Waals surface area contributed by atoms with Crippen LogP contribution in [0.4, 0.5) is 0 Å². The van der Waals surface area contributed by atoms with Gasteiger partial charge in [0.05, 0.1) is 0 Å². The normalized spacial score (nSPS) is 11.5. The van der Waals surface area contributed by atoms with Crippen LogP contribution in [0.3, 0.4) is 0 Å². The van der Waals surface area contributed by atoms with E-state index in [1.165, 1.54) is 0 Å². The molecule has 20 heavy (non-hydrogen) atoms. The molecule has 114 valence electrons. The van der Waals surface area contributed by atoms with E-state index in [-0.39, 0.29) is 61.7 Å². The van der Waals surface area contributed by atoms with Gasteiger partial charge in [-0.3, -0.25) is 9.97 Å². The van der Waals surface area contributed by atoms with E-state index in [0.29, 0.717) is 0 Å². The number of halogens is 4. The number of hydrogen-bond acceptors (Lipinski definition) is 4. The molecule has 4 N–H and O–H groups in total. The Morgan fingerprint density at radius 2 is 0.850 bits per heavy atom. The standard InChI is InChI=1S/C12H14N4.4ClH/c13-11(9-1-5-15-6-2-9)12(14)10-3-7-16-8-4-10;;;;/h1-8,11-12H,13-14H2;4*1H/t11-,12-;;;;/m0..../s1. The Kier molecular flexibility index (Phi) is 14.8. The lowest BCUT2D eigenvalue weighted by molar-refractivity contribution is 0.573. The van der Waals surface area contributed by atoms with Crippen molar-refractivity contribution in [3.63, 3.8) is 0 Å². The second-order valence-electron chi connectivity index (χ2n) is 3.61. The van der Waals surface area contributed by atoms with Crippen LogP contribution in [0.15, 0.2) is 49.1 Å². The molecule has 0 saturated carbocycles. The molecule has 0 spiro atoms. The molecule has 2 rings (SSSR count). The minimum atomic E-state index is -0.231. The SMILES string of the molecule is Cl.Cl.Cl.Cl.N[C@@H](c1ccncc1)[C@@H](N)c1ccncc1. The molecule has 0 aliphatic carbocycles. The molecule has 0 saturated heterocycles. The molecule has 0 aromatic carbocycles. The molecule has 2 heterocycles. The number of hydrogen-bond donors (Lipinski definition) is 2. The van der Waals surface area contributed by atoms with Gasteiger partial charge >= 0.3 is 0 Å². The van der Waals surface area contributed by atoms with E-state index in [1.54, 1.807) is 24.8 Å². The molecule has 2 atom stereocenters. The van der Waals surface area contributed by atoms with Gasteiger partial charge in [0.1, 0.15) is 0 Å². The molecule has 0 aliphatic heterocycles. The highest BCUT2D eigenvalue weighted by molar-refractivity contribution is 5.86. The Morgan fingerprint density at radius 3 is 1.10 bits per heavy atom. The Balaban J connectivity index is -0.000000722. The van der Waals surface area contributed by atoms with Crippen molar-refractivity contribution in [2.75, 3.05) is 0 Å². The van der Waals surface area contributed by atoms with Gasteiger partial charge in [0.2, 0.25) is 0 Å². The van der Waals surface area contributed by atoms with Crippen LogP contribution >= 0.6 is 49.6 Å². The minimum Gasteiger partial charge on any atom is -0.322 e. The second-order valence-corrected chi connectivity index (χ2v) is 3.61. The molecule has 0 radical (unpaired) electrons. The lowest BCUT2D eigenvalue weighted by Crippen LogP contribution is -2.26. The summed E-state index contributed by atoms with van der Waals surface area (Å²) < 4.78 is 0. The van der Waals surface area contributed by atoms with Crippen LogP contribution in [-0.2, 0) is 0 Å². The molecule has 0 unspecified atom stereocenters. The van der Waals surface area contributed by atoms with Gasteiger partial charge < -0.3 is 11.5 Å². The summed E-state index contributed by atoms with van der Waals surface area (Å²) in [6.07, 6.45) is 6.87. The van der Waals surface area contributed by atoms with E-state index in [1.807, 2.05) is 24.3 Å². The molecule has 0 bridgehead atoms. The zero-order valence-electron chi connectivity index (χ0n) is 10.5. The molecule has 0 fully saturated rings. The largest absolute Gasteiger partial charge is 0.322 e. The number of pyridine rings is 2. The van der Waals surface area contributed by atoms with Gasteiger partial charge in [0.15, 0.2) is 0 Å². The lowest BCUT2D eigenvalue weighted by Gasteiger charge is -2.20. The Morgan fingerprint density at radius 1 is 0.600 bits per heavy atom. The van der Waals surface area contributed by atoms with Crippen molar-refractivity contribution in [1.29, 1.82) is 0 Å². The van der Waals surface area contributed by atoms with Gasteiger partial charge in [-0.2, -0.15) is 0 Å². The molecule has 0 amide bonds. The first kappa shape index (κ1) is 24.4. The summed E-state index contributed by atoms with van der Waals surface area (Å²) in [6.45, 7) is 0. The molecular weight excluding hydrogens is 342 g/mol. The quantitative estimate of drug-likeness (QED) is 0.883. The molecule has 0 aliphatic rings. The zero-order chi connectivity index (χ0) is 11.4. The Bertz CT molecular complexity index is 400. The summed E-state index contributed by atoms with van der Waals surface area (Å²) in [4.78, 5) is 7.91. The van der Waals surface area contributed by atoms with Crippen molar-refractivity contribution in [2.45, 2.75) is 12.1 Å². The fourth-order valence-electron chi connectivity index (χ4n) is 1.59. The van der Waals surface area contributed by atoms with Crippen LogP contribution in [0.2, 0.25) is 0 Å². The van der Waals surface area contributed by atoms with Gasteiger partial charge in [-0.15, -0.1) is 49.6 Å². The highest BCUT2D eigenvalue weighted by Gasteiger charge is 2.16. The topological polar surface area (TPSA) is 77.8 Å². The predicted molar refractivity (Wildman–Crippen MR) is 91.3 cm³/mol. The van der Waals surface area contributed by atoms with E-state index in [9.17, 15) is 0 Å². The van der Waals surface area contributed by atoms with Crippen LogP contribution in [0, 0.1) is 0 Å². The fraction of sp³-hybridized carbons (Fsp3) is 0.167. The maximum atomic E-state index is 6.10. The predicted octanol–water partition coefficient (Wildman–Crippen LogP) is 2.86. The number of rotatable bonds is 3. The Hall–Kier alpha value is -0.620. The van der Waals surface area contributed by atoms with Crippen molar-refractivity contribution >= 4 is 49.6 Å². The van der Waals surface area contributed by atoms with Gasteiger partial charge in [-0.25, -0.2) is 0 Å². The smallest absolute Gasteiger partial charge is 0.0492 e. The average molecular weight is 360 g/mol. The van der Waals surface area contributed by atoms with Gasteiger partial charge in [0, 0.05) is 36.9 Å². The van der Waals surface area contributed by atoms with Gasteiger partial charge in [-0.1, -0.05) is 0 Å². The van der Waals surface area contributed by atoms with Crippen molar-refractivity contribution in [1.82, 2.24) is 9.97 Å². The minimum absolute atomic E-state index is 0. The van der Waals surface area contributed by atoms with Crippen molar-refractivity contribution in [3.8, 4) is 0 Å². The van der Waals surface area contributed by atoms with Crippen LogP contribution in [0.25, 0.3) is 0 Å². The monoisotopic (exact) mass is 358 g/mol. The first-order valence-electron chi connectivity index (χ1n) is 5.10. The third-order valence-electron chi connectivity index (χ3n) is 2.57. The molecule has 8 heteroatoms. The summed E-state index contributed by atoms with van der Waals surface area (Å²) in [5, 5.41) is 0. The summed E-state index contributed by atoms with van der Waals surface area (Å²) in [5.74, 6) is 0. The number of nitrogens with zero attached hydrogens (tertiary/aromatic N) is 2. The third-order valence-corrected chi connectivity index (χ3v) is 2.57. The summed E-state index contributed by atoms with van der Waals surface area (Å²) in [6, 6.07) is 7.06. The third kappa shape index (κ3) is 6.22. The van der Waals surface area contributed by atoms with E-state index < -0.39 is 0 Å². The van der Waals surface area contributed by atoms with Crippen molar-refractivity contribution < 1.29 is 0 Å². The maximum absolute atomic E-state index is 6.10.